The summed E-state index contributed by atoms with van der Waals surface area (Å²) in [6.45, 7) is 2.11. The van der Waals surface area contributed by atoms with Crippen molar-refractivity contribution < 1.29 is 5.11 Å². The third-order valence-electron chi connectivity index (χ3n) is 2.36. The van der Waals surface area contributed by atoms with Gasteiger partial charge in [-0.3, -0.25) is 9.20 Å². The van der Waals surface area contributed by atoms with Gasteiger partial charge in [0.25, 0.3) is 5.56 Å². The molecule has 0 aromatic carbocycles. The second kappa shape index (κ2) is 4.32. The minimum Gasteiger partial charge on any atom is -0.395 e. The molecule has 5 heteroatoms. The molecule has 0 unspecified atom stereocenters. The third-order valence-corrected chi connectivity index (χ3v) is 2.36. The lowest BCUT2D eigenvalue weighted by molar-refractivity contribution is 0.311. The lowest BCUT2D eigenvalue weighted by Gasteiger charge is -2.08. The highest BCUT2D eigenvalue weighted by molar-refractivity contribution is 5.51. The molecule has 84 valence electrons. The van der Waals surface area contributed by atoms with Gasteiger partial charge in [-0.25, -0.2) is 4.98 Å². The number of aliphatic hydroxyl groups is 1. The van der Waals surface area contributed by atoms with Crippen molar-refractivity contribution >= 4 is 11.5 Å². The molecule has 0 aliphatic heterocycles. The van der Waals surface area contributed by atoms with Gasteiger partial charge in [0.1, 0.15) is 11.5 Å². The van der Waals surface area contributed by atoms with Crippen LogP contribution in [0.3, 0.4) is 0 Å². The molecule has 2 N–H and O–H groups in total. The van der Waals surface area contributed by atoms with Gasteiger partial charge in [0.15, 0.2) is 0 Å². The highest BCUT2D eigenvalue weighted by atomic mass is 16.3. The minimum atomic E-state index is -0.0916. The van der Waals surface area contributed by atoms with E-state index in [0.29, 0.717) is 23.6 Å². The van der Waals surface area contributed by atoms with Gasteiger partial charge in [0, 0.05) is 12.7 Å². The highest BCUT2D eigenvalue weighted by Crippen LogP contribution is 2.08. The predicted molar refractivity (Wildman–Crippen MR) is 61.8 cm³/mol. The van der Waals surface area contributed by atoms with Crippen molar-refractivity contribution in [3.63, 3.8) is 0 Å². The SMILES string of the molecule is Cc1c(NCCO)nc2ccccn2c1=O. The van der Waals surface area contributed by atoms with Crippen LogP contribution in [0.4, 0.5) is 5.82 Å². The summed E-state index contributed by atoms with van der Waals surface area (Å²) in [6.07, 6.45) is 1.69. The lowest BCUT2D eigenvalue weighted by Crippen LogP contribution is -2.21. The average molecular weight is 219 g/mol. The fraction of sp³-hybridized carbons (Fsp3) is 0.273. The Labute approximate surface area is 92.4 Å². The molecule has 0 saturated carbocycles. The first-order valence-electron chi connectivity index (χ1n) is 5.07. The standard InChI is InChI=1S/C11H13N3O2/c1-8-10(12-5-7-15)13-9-4-2-3-6-14(9)11(8)16/h2-4,6,12,15H,5,7H2,1H3. The van der Waals surface area contributed by atoms with E-state index in [0.717, 1.165) is 0 Å². The van der Waals surface area contributed by atoms with Crippen molar-refractivity contribution in [1.29, 1.82) is 0 Å². The topological polar surface area (TPSA) is 66.6 Å². The first kappa shape index (κ1) is 10.6. The van der Waals surface area contributed by atoms with Crippen LogP contribution < -0.4 is 10.9 Å². The number of aromatic nitrogens is 2. The van der Waals surface area contributed by atoms with Gasteiger partial charge in [-0.15, -0.1) is 0 Å². The molecule has 0 aliphatic rings. The quantitative estimate of drug-likeness (QED) is 0.784. The van der Waals surface area contributed by atoms with E-state index in [1.165, 1.54) is 4.40 Å². The number of nitrogens with zero attached hydrogens (tertiary/aromatic N) is 2. The lowest BCUT2D eigenvalue weighted by atomic mass is 10.3. The molecule has 0 bridgehead atoms. The summed E-state index contributed by atoms with van der Waals surface area (Å²) in [6, 6.07) is 5.38. The minimum absolute atomic E-state index is 0.00921. The molecule has 0 saturated heterocycles. The van der Waals surface area contributed by atoms with Crippen molar-refractivity contribution in [2.45, 2.75) is 6.92 Å². The van der Waals surface area contributed by atoms with Gasteiger partial charge in [0.05, 0.1) is 12.2 Å². The number of aliphatic hydroxyl groups excluding tert-OH is 1. The molecular weight excluding hydrogens is 206 g/mol. The number of hydrogen-bond acceptors (Lipinski definition) is 4. The number of nitrogens with one attached hydrogen (secondary N) is 1. The van der Waals surface area contributed by atoms with Gasteiger partial charge in [-0.2, -0.15) is 0 Å². The highest BCUT2D eigenvalue weighted by Gasteiger charge is 2.07. The number of hydrogen-bond donors (Lipinski definition) is 2. The summed E-state index contributed by atoms with van der Waals surface area (Å²) >= 11 is 0. The largest absolute Gasteiger partial charge is 0.395 e. The van der Waals surface area contributed by atoms with E-state index in [4.69, 9.17) is 5.11 Å². The molecule has 0 atom stereocenters. The first-order valence-corrected chi connectivity index (χ1v) is 5.07. The Hall–Kier alpha value is -1.88. The summed E-state index contributed by atoms with van der Waals surface area (Å²) in [7, 11) is 0. The molecule has 0 aliphatic carbocycles. The molecular formula is C11H13N3O2. The molecule has 2 heterocycles. The summed E-state index contributed by atoms with van der Waals surface area (Å²) < 4.78 is 1.50. The van der Waals surface area contributed by atoms with E-state index in [-0.39, 0.29) is 12.2 Å². The van der Waals surface area contributed by atoms with E-state index >= 15 is 0 Å². The zero-order chi connectivity index (χ0) is 11.5. The number of pyridine rings is 1. The molecule has 5 nitrogen and oxygen atoms in total. The van der Waals surface area contributed by atoms with E-state index in [2.05, 4.69) is 10.3 Å². The zero-order valence-corrected chi connectivity index (χ0v) is 8.97. The van der Waals surface area contributed by atoms with Crippen molar-refractivity contribution in [3.8, 4) is 0 Å². The number of fused-ring (bicyclic) bond motifs is 1. The van der Waals surface area contributed by atoms with Gasteiger partial charge in [-0.1, -0.05) is 6.07 Å². The summed E-state index contributed by atoms with van der Waals surface area (Å²) in [5.41, 5.74) is 1.06. The van der Waals surface area contributed by atoms with Crippen LogP contribution in [0.1, 0.15) is 5.56 Å². The van der Waals surface area contributed by atoms with Crippen molar-refractivity contribution in [1.82, 2.24) is 9.38 Å². The molecule has 2 rings (SSSR count). The van der Waals surface area contributed by atoms with Gasteiger partial charge in [-0.05, 0) is 19.1 Å². The zero-order valence-electron chi connectivity index (χ0n) is 8.97. The van der Waals surface area contributed by atoms with Crippen LogP contribution in [0, 0.1) is 6.92 Å². The molecule has 0 fully saturated rings. The maximum atomic E-state index is 11.9. The maximum absolute atomic E-state index is 11.9. The average Bonchev–Trinajstić information content (AvgIpc) is 2.32. The fourth-order valence-electron chi connectivity index (χ4n) is 1.52. The van der Waals surface area contributed by atoms with E-state index in [1.54, 1.807) is 25.3 Å². The van der Waals surface area contributed by atoms with Crippen molar-refractivity contribution in [2.24, 2.45) is 0 Å². The summed E-state index contributed by atoms with van der Waals surface area (Å²) in [5.74, 6) is 0.533. The predicted octanol–water partition coefficient (Wildman–Crippen LogP) is 0.407. The van der Waals surface area contributed by atoms with Crippen molar-refractivity contribution in [2.75, 3.05) is 18.5 Å². The fourth-order valence-corrected chi connectivity index (χ4v) is 1.52. The third kappa shape index (κ3) is 1.77. The molecule has 2 aromatic heterocycles. The van der Waals surface area contributed by atoms with Crippen LogP contribution >= 0.6 is 0 Å². The van der Waals surface area contributed by atoms with Gasteiger partial charge < -0.3 is 10.4 Å². The van der Waals surface area contributed by atoms with E-state index in [9.17, 15) is 4.79 Å². The Kier molecular flexibility index (Phi) is 2.87. The van der Waals surface area contributed by atoms with Gasteiger partial charge >= 0.3 is 0 Å². The first-order chi connectivity index (χ1) is 7.74. The maximum Gasteiger partial charge on any atom is 0.262 e. The Morgan fingerprint density at radius 2 is 2.31 bits per heavy atom. The molecule has 0 radical (unpaired) electrons. The Bertz CT molecular complexity index is 563. The molecule has 0 amide bonds. The molecule has 2 aromatic rings. The van der Waals surface area contributed by atoms with E-state index < -0.39 is 0 Å². The Morgan fingerprint density at radius 1 is 1.50 bits per heavy atom. The van der Waals surface area contributed by atoms with E-state index in [1.807, 2.05) is 6.07 Å². The number of rotatable bonds is 3. The normalized spacial score (nSPS) is 10.6. The van der Waals surface area contributed by atoms with Crippen LogP contribution in [-0.4, -0.2) is 27.6 Å². The van der Waals surface area contributed by atoms with Crippen LogP contribution in [0.2, 0.25) is 0 Å². The Morgan fingerprint density at radius 3 is 3.06 bits per heavy atom. The monoisotopic (exact) mass is 219 g/mol. The second-order valence-corrected chi connectivity index (χ2v) is 3.47. The smallest absolute Gasteiger partial charge is 0.262 e. The summed E-state index contributed by atoms with van der Waals surface area (Å²) in [5, 5.41) is 11.6. The van der Waals surface area contributed by atoms with Crippen LogP contribution in [0.15, 0.2) is 29.2 Å². The van der Waals surface area contributed by atoms with Crippen LogP contribution in [0.25, 0.3) is 5.65 Å². The summed E-state index contributed by atoms with van der Waals surface area (Å²) in [4.78, 5) is 16.2. The second-order valence-electron chi connectivity index (χ2n) is 3.47. The van der Waals surface area contributed by atoms with Crippen LogP contribution in [-0.2, 0) is 0 Å². The van der Waals surface area contributed by atoms with Crippen molar-refractivity contribution in [3.05, 3.63) is 40.3 Å². The molecule has 16 heavy (non-hydrogen) atoms. The molecule has 0 spiro atoms. The number of anilines is 1. The Balaban J connectivity index is 2.60. The van der Waals surface area contributed by atoms with Gasteiger partial charge in [0.2, 0.25) is 0 Å². The van der Waals surface area contributed by atoms with Crippen LogP contribution in [0.5, 0.6) is 0 Å².